The highest BCUT2D eigenvalue weighted by atomic mass is 127. The fraction of sp³-hybridized carbons (Fsp3) is 0.793. The molecule has 0 atom stereocenters. The van der Waals surface area contributed by atoms with Crippen molar-refractivity contribution in [1.82, 2.24) is 0 Å². The van der Waals surface area contributed by atoms with Crippen LogP contribution < -0.4 is 0 Å². The summed E-state index contributed by atoms with van der Waals surface area (Å²) >= 11 is 14.4. The molecule has 0 saturated heterocycles. The molecule has 0 rings (SSSR count). The van der Waals surface area contributed by atoms with Crippen molar-refractivity contribution in [2.75, 3.05) is 30.9 Å². The molecule has 0 amide bonds. The van der Waals surface area contributed by atoms with Crippen LogP contribution in [0.4, 0.5) is 0 Å². The molecular weight excluding hydrogens is 1170 g/mol. The Balaban J connectivity index is -0.0000000473. The van der Waals surface area contributed by atoms with Gasteiger partial charge in [0.25, 0.3) is 0 Å². The Kier molecular flexibility index (Phi) is 107. The first-order valence-corrected chi connectivity index (χ1v) is 20.2. The van der Waals surface area contributed by atoms with Gasteiger partial charge in [-0.15, -0.1) is 24.8 Å². The Labute approximate surface area is 326 Å². The van der Waals surface area contributed by atoms with Crippen molar-refractivity contribution >= 4 is 136 Å². The van der Waals surface area contributed by atoms with Crippen LogP contribution in [-0.2, 0) is 0 Å². The van der Waals surface area contributed by atoms with Gasteiger partial charge in [-0.2, -0.15) is 0 Å². The highest BCUT2D eigenvalue weighted by Gasteiger charge is 2.11. The number of rotatable bonds is 8. The van der Waals surface area contributed by atoms with Gasteiger partial charge in [0.1, 0.15) is 6.04 Å². The molecule has 0 aliphatic carbocycles. The minimum Gasteiger partial charge on any atom is -0.396 e. The van der Waals surface area contributed by atoms with Gasteiger partial charge >= 0.3 is 0 Å². The molecule has 0 heterocycles. The third-order valence-electron chi connectivity index (χ3n) is 2.45. The molecule has 39 heavy (non-hydrogen) atoms. The minimum absolute atomic E-state index is 0.0174. The molecule has 10 heteroatoms. The first-order valence-electron chi connectivity index (χ1n) is 13.0. The van der Waals surface area contributed by atoms with Crippen LogP contribution in [0.15, 0.2) is 12.7 Å². The largest absolute Gasteiger partial charge is 0.396 e. The molecule has 0 aromatic carbocycles. The molecule has 0 radical (unpaired) electrons. The van der Waals surface area contributed by atoms with Crippen LogP contribution in [0.5, 0.6) is 0 Å². The van der Waals surface area contributed by atoms with Crippen LogP contribution in [0, 0.1) is 30.1 Å². The van der Waals surface area contributed by atoms with Gasteiger partial charge in [-0.3, -0.25) is 0 Å². The van der Waals surface area contributed by atoms with E-state index in [9.17, 15) is 0 Å². The third-order valence-corrected chi connectivity index (χ3v) is 7.58. The zero-order chi connectivity index (χ0) is 33.0. The molecular formula is C29H58I6O4. The highest BCUT2D eigenvalue weighted by Crippen LogP contribution is 2.38. The van der Waals surface area contributed by atoms with Crippen molar-refractivity contribution in [3.05, 3.63) is 12.7 Å². The van der Waals surface area contributed by atoms with Crippen LogP contribution in [0.3, 0.4) is 0 Å². The molecule has 0 aromatic heterocycles. The summed E-state index contributed by atoms with van der Waals surface area (Å²) in [5.41, 5.74) is 0. The smallest absolute Gasteiger partial charge is 0.124 e. The maximum Gasteiger partial charge on any atom is 0.124 e. The van der Waals surface area contributed by atoms with E-state index in [0.29, 0.717) is 24.8 Å². The molecule has 0 fully saturated rings. The third kappa shape index (κ3) is 192. The Hall–Kier alpha value is 3.08. The average Bonchev–Trinajstić information content (AvgIpc) is 2.87. The quantitative estimate of drug-likeness (QED) is 0.0845. The number of hydrogen-bond acceptors (Lipinski definition) is 4. The van der Waals surface area contributed by atoms with Gasteiger partial charge in [0, 0.05) is 19.6 Å². The molecule has 0 aliphatic heterocycles. The summed E-state index contributed by atoms with van der Waals surface area (Å²) < 4.78 is 2.57. The normalized spacial score (nSPS) is 8.28. The van der Waals surface area contributed by atoms with E-state index in [1.165, 1.54) is 30.1 Å². The Bertz CT molecular complexity index is 453. The van der Waals surface area contributed by atoms with Crippen molar-refractivity contribution in [2.45, 2.75) is 102 Å². The van der Waals surface area contributed by atoms with E-state index in [1.54, 1.807) is 13.0 Å². The minimum atomic E-state index is -0.0174. The predicted molar refractivity (Wildman–Crippen MR) is 232 cm³/mol. The maximum absolute atomic E-state index is 8.24. The van der Waals surface area contributed by atoms with E-state index in [0.717, 1.165) is 8.35 Å². The van der Waals surface area contributed by atoms with E-state index < -0.39 is 0 Å². The molecule has 0 unspecified atom stereocenters. The number of alkyl halides is 6. The van der Waals surface area contributed by atoms with Crippen molar-refractivity contribution in [1.29, 1.82) is 0 Å². The molecule has 4 N–H and O–H groups in total. The van der Waals surface area contributed by atoms with E-state index in [2.05, 4.69) is 208 Å². The van der Waals surface area contributed by atoms with Gasteiger partial charge in [-0.25, -0.2) is 0 Å². The first kappa shape index (κ1) is 61.1. The zero-order valence-corrected chi connectivity index (χ0v) is 38.5. The summed E-state index contributed by atoms with van der Waals surface area (Å²) in [5, 5.41) is 32.0. The van der Waals surface area contributed by atoms with Gasteiger partial charge in [-0.1, -0.05) is 202 Å². The second-order valence-electron chi connectivity index (χ2n) is 7.13. The summed E-state index contributed by atoms with van der Waals surface area (Å²) in [4.78, 5) is 0. The van der Waals surface area contributed by atoms with E-state index in [-0.39, 0.29) is 19.8 Å². The second-order valence-corrected chi connectivity index (χ2v) is 25.3. The van der Waals surface area contributed by atoms with Gasteiger partial charge in [0.05, 0.1) is 8.54 Å². The first-order chi connectivity index (χ1) is 18.2. The molecule has 240 valence electrons. The Morgan fingerprint density at radius 1 is 0.923 bits per heavy atom. The summed E-state index contributed by atoms with van der Waals surface area (Å²) in [7, 11) is 0. The van der Waals surface area contributed by atoms with Gasteiger partial charge in [0.15, 0.2) is 0 Å². The fourth-order valence-corrected chi connectivity index (χ4v) is 0.493. The summed E-state index contributed by atoms with van der Waals surface area (Å²) in [6, 6.07) is 0. The predicted octanol–water partition coefficient (Wildman–Crippen LogP) is 10.8. The summed E-state index contributed by atoms with van der Waals surface area (Å²) in [6.07, 6.45) is 13.6. The second kappa shape index (κ2) is 68.3. The number of halogens is 6. The van der Waals surface area contributed by atoms with Gasteiger partial charge in [-0.05, 0) is 49.4 Å². The van der Waals surface area contributed by atoms with Crippen LogP contribution in [0.1, 0.15) is 100 Å². The topological polar surface area (TPSA) is 80.9 Å². The molecule has 0 bridgehead atoms. The SMILES string of the molecule is C#CCCO.C=CCCO.CC#CCO.CC(C)CCO.CCC.CCC(I)(I)I.CCC(I)I.CCCI. The van der Waals surface area contributed by atoms with Crippen molar-refractivity contribution in [3.63, 3.8) is 0 Å². The fourth-order valence-electron chi connectivity index (χ4n) is 0.493. The molecule has 0 saturated carbocycles. The number of aliphatic hydroxyl groups is 4. The Morgan fingerprint density at radius 2 is 1.31 bits per heavy atom. The zero-order valence-electron chi connectivity index (χ0n) is 25.6. The lowest BCUT2D eigenvalue weighted by atomic mass is 10.2. The van der Waals surface area contributed by atoms with Crippen LogP contribution >= 0.6 is 136 Å². The van der Waals surface area contributed by atoms with Crippen LogP contribution in [-0.4, -0.2) is 52.6 Å². The maximum atomic E-state index is 8.24. The Morgan fingerprint density at radius 3 is 1.31 bits per heavy atom. The average molecular weight is 1230 g/mol. The lowest BCUT2D eigenvalue weighted by Crippen LogP contribution is -1.91. The van der Waals surface area contributed by atoms with Gasteiger partial charge < -0.3 is 20.4 Å². The molecule has 4 nitrogen and oxygen atoms in total. The lowest BCUT2D eigenvalue weighted by Gasteiger charge is -2.04. The van der Waals surface area contributed by atoms with E-state index >= 15 is 0 Å². The molecule has 0 aromatic rings. The number of terminal acetylenes is 1. The van der Waals surface area contributed by atoms with Gasteiger partial charge in [0.2, 0.25) is 0 Å². The van der Waals surface area contributed by atoms with Crippen LogP contribution in [0.2, 0.25) is 0 Å². The van der Waals surface area contributed by atoms with Crippen LogP contribution in [0.25, 0.3) is 0 Å². The monoisotopic (exact) mass is 1230 g/mol. The van der Waals surface area contributed by atoms with Crippen molar-refractivity contribution in [3.8, 4) is 24.2 Å². The van der Waals surface area contributed by atoms with E-state index in [1.807, 2.05) is 0 Å². The summed E-state index contributed by atoms with van der Waals surface area (Å²) in [5.74, 6) is 7.85. The highest BCUT2D eigenvalue weighted by molar-refractivity contribution is 14.3. The number of hydrogen-bond donors (Lipinski definition) is 4. The number of aliphatic hydroxyl groups excluding tert-OH is 4. The van der Waals surface area contributed by atoms with Crippen molar-refractivity contribution in [2.24, 2.45) is 5.92 Å². The van der Waals surface area contributed by atoms with Crippen molar-refractivity contribution < 1.29 is 20.4 Å². The lowest BCUT2D eigenvalue weighted by molar-refractivity contribution is 0.268. The standard InChI is InChI=1S/C5H12O.C4H8O.2C4H6O.C3H5I3.C3H6I2.C3H7I.C3H8/c1-5(2)3-4-6;3*1-2-3-4-5;1-2-3(4,5)6;1-2-3(4)5;1-2-3-4;1-3-2/h5-6H,3-4H2,1-2H3;2,5H,1,3-4H2;5H,4H2,1H3;1,5H,3-4H2;2H2,1H3;3H,2H2,1H3;2-3H2,1H3;3H2,1-2H3. The molecule has 0 aliphatic rings. The summed E-state index contributed by atoms with van der Waals surface area (Å²) in [6.45, 7) is 20.7. The van der Waals surface area contributed by atoms with E-state index in [4.69, 9.17) is 26.8 Å². The molecule has 0 spiro atoms.